The Bertz CT molecular complexity index is 539. The molecular weight excluding hydrogens is 285 g/mol. The number of hydrogen-bond donors (Lipinski definition) is 2. The molecule has 0 saturated carbocycles. The van der Waals surface area contributed by atoms with E-state index in [0.717, 1.165) is 0 Å². The van der Waals surface area contributed by atoms with Gasteiger partial charge in [0.05, 0.1) is 25.1 Å². The van der Waals surface area contributed by atoms with Crippen molar-refractivity contribution in [1.29, 1.82) is 0 Å². The summed E-state index contributed by atoms with van der Waals surface area (Å²) in [5.41, 5.74) is 5.68. The number of carbonyl (C=O) groups excluding carboxylic acids is 1. The number of carbonyl (C=O) groups is 1. The van der Waals surface area contributed by atoms with E-state index in [4.69, 9.17) is 5.73 Å². The predicted molar refractivity (Wildman–Crippen MR) is 72.4 cm³/mol. The molecule has 1 aromatic carbocycles. The van der Waals surface area contributed by atoms with Gasteiger partial charge < -0.3 is 15.8 Å². The maximum atomic E-state index is 13.4. The van der Waals surface area contributed by atoms with Crippen molar-refractivity contribution in [3.63, 3.8) is 0 Å². The molecular formula is C14H15F3N2O2. The third-order valence-corrected chi connectivity index (χ3v) is 2.29. The molecule has 1 rings (SSSR count). The lowest BCUT2D eigenvalue weighted by molar-refractivity contribution is -0.117. The van der Waals surface area contributed by atoms with Crippen molar-refractivity contribution in [2.75, 3.05) is 25.1 Å². The first-order valence-corrected chi connectivity index (χ1v) is 6.17. The molecule has 0 aliphatic carbocycles. The Morgan fingerprint density at radius 1 is 1.43 bits per heavy atom. The van der Waals surface area contributed by atoms with E-state index in [9.17, 15) is 18.0 Å². The van der Waals surface area contributed by atoms with Crippen molar-refractivity contribution < 1.29 is 22.7 Å². The second kappa shape index (κ2) is 9.00. The number of hydrogen-bond acceptors (Lipinski definition) is 3. The van der Waals surface area contributed by atoms with Crippen molar-refractivity contribution in [2.24, 2.45) is 5.73 Å². The van der Waals surface area contributed by atoms with Gasteiger partial charge in [-0.2, -0.15) is 0 Å². The van der Waals surface area contributed by atoms with E-state index < -0.39 is 24.8 Å². The van der Waals surface area contributed by atoms with Crippen LogP contribution in [-0.4, -0.2) is 32.1 Å². The summed E-state index contributed by atoms with van der Waals surface area (Å²) in [5, 5.41) is 2.50. The molecule has 1 aromatic rings. The quantitative estimate of drug-likeness (QED) is 0.621. The zero-order chi connectivity index (χ0) is 15.7. The molecule has 4 nitrogen and oxygen atoms in total. The summed E-state index contributed by atoms with van der Waals surface area (Å²) in [6.07, 6.45) is -2.64. The van der Waals surface area contributed by atoms with Crippen LogP contribution < -0.4 is 11.1 Å². The van der Waals surface area contributed by atoms with Crippen LogP contribution in [0.5, 0.6) is 0 Å². The van der Waals surface area contributed by atoms with Crippen molar-refractivity contribution >= 4 is 11.6 Å². The molecule has 7 heteroatoms. The van der Waals surface area contributed by atoms with Crippen LogP contribution in [0, 0.1) is 17.7 Å². The number of ether oxygens (including phenoxy) is 1. The lowest BCUT2D eigenvalue weighted by Crippen LogP contribution is -2.15. The van der Waals surface area contributed by atoms with Crippen LogP contribution in [0.4, 0.5) is 18.9 Å². The summed E-state index contributed by atoms with van der Waals surface area (Å²) in [6.45, 7) is -0.725. The van der Waals surface area contributed by atoms with Crippen molar-refractivity contribution in [1.82, 2.24) is 0 Å². The molecule has 0 bridgehead atoms. The standard InChI is InChI=1S/C14H15F3N2O2/c15-12-4-3-11(8-10(12)2-1-6-18)19-14(20)5-7-21-9-13(16)17/h3-4,8,13H,5-7,9,18H2,(H,19,20). The third-order valence-electron chi connectivity index (χ3n) is 2.29. The van der Waals surface area contributed by atoms with Gasteiger partial charge in [-0.05, 0) is 18.2 Å². The predicted octanol–water partition coefficient (Wildman–Crippen LogP) is 1.75. The molecule has 0 radical (unpaired) electrons. The first kappa shape index (κ1) is 17.0. The highest BCUT2D eigenvalue weighted by Gasteiger charge is 2.07. The highest BCUT2D eigenvalue weighted by Crippen LogP contribution is 2.14. The van der Waals surface area contributed by atoms with E-state index >= 15 is 0 Å². The number of halogens is 3. The highest BCUT2D eigenvalue weighted by atomic mass is 19.3. The zero-order valence-electron chi connectivity index (χ0n) is 11.2. The third kappa shape index (κ3) is 6.79. The molecule has 3 N–H and O–H groups in total. The fraction of sp³-hybridized carbons (Fsp3) is 0.357. The Labute approximate surface area is 120 Å². The van der Waals surface area contributed by atoms with Gasteiger partial charge in [-0.3, -0.25) is 4.79 Å². The maximum Gasteiger partial charge on any atom is 0.261 e. The first-order chi connectivity index (χ1) is 10.0. The van der Waals surface area contributed by atoms with Gasteiger partial charge in [0, 0.05) is 5.69 Å². The largest absolute Gasteiger partial charge is 0.375 e. The van der Waals surface area contributed by atoms with Crippen molar-refractivity contribution in [3.8, 4) is 11.8 Å². The maximum absolute atomic E-state index is 13.4. The van der Waals surface area contributed by atoms with Gasteiger partial charge in [-0.15, -0.1) is 0 Å². The fourth-order valence-corrected chi connectivity index (χ4v) is 1.41. The van der Waals surface area contributed by atoms with E-state index in [-0.39, 0.29) is 25.1 Å². The molecule has 0 aromatic heterocycles. The number of rotatable bonds is 6. The van der Waals surface area contributed by atoms with Crippen LogP contribution in [0.3, 0.4) is 0 Å². The summed E-state index contributed by atoms with van der Waals surface area (Å²) in [6, 6.07) is 3.92. The van der Waals surface area contributed by atoms with E-state index in [1.165, 1.54) is 18.2 Å². The topological polar surface area (TPSA) is 64.3 Å². The van der Waals surface area contributed by atoms with E-state index in [0.29, 0.717) is 5.69 Å². The minimum absolute atomic E-state index is 0.0755. The Morgan fingerprint density at radius 3 is 2.86 bits per heavy atom. The summed E-state index contributed by atoms with van der Waals surface area (Å²) < 4.78 is 41.6. The molecule has 0 aliphatic rings. The number of nitrogens with two attached hydrogens (primary N) is 1. The average Bonchev–Trinajstić information content (AvgIpc) is 2.44. The van der Waals surface area contributed by atoms with E-state index in [2.05, 4.69) is 21.9 Å². The van der Waals surface area contributed by atoms with E-state index in [1.807, 2.05) is 0 Å². The molecule has 0 heterocycles. The van der Waals surface area contributed by atoms with E-state index in [1.54, 1.807) is 0 Å². The lowest BCUT2D eigenvalue weighted by Gasteiger charge is -2.07. The van der Waals surface area contributed by atoms with Crippen LogP contribution in [0.25, 0.3) is 0 Å². The summed E-state index contributed by atoms with van der Waals surface area (Å²) >= 11 is 0. The Balaban J connectivity index is 2.52. The molecule has 114 valence electrons. The smallest absolute Gasteiger partial charge is 0.261 e. The second-order valence-corrected chi connectivity index (χ2v) is 3.96. The number of benzene rings is 1. The Morgan fingerprint density at radius 2 is 2.19 bits per heavy atom. The van der Waals surface area contributed by atoms with Crippen molar-refractivity contribution in [3.05, 3.63) is 29.6 Å². The SMILES string of the molecule is NCC#Cc1cc(NC(=O)CCOCC(F)F)ccc1F. The molecule has 0 unspecified atom stereocenters. The molecule has 21 heavy (non-hydrogen) atoms. The Kier molecular flexibility index (Phi) is 7.29. The molecule has 0 fully saturated rings. The second-order valence-electron chi connectivity index (χ2n) is 3.96. The van der Waals surface area contributed by atoms with Gasteiger partial charge in [0.15, 0.2) is 0 Å². The fourth-order valence-electron chi connectivity index (χ4n) is 1.41. The van der Waals surface area contributed by atoms with Crippen LogP contribution in [-0.2, 0) is 9.53 Å². The van der Waals surface area contributed by atoms with Crippen LogP contribution in [0.2, 0.25) is 0 Å². The molecule has 1 amide bonds. The summed E-state index contributed by atoms with van der Waals surface area (Å²) in [7, 11) is 0. The minimum atomic E-state index is -2.56. The van der Waals surface area contributed by atoms with Gasteiger partial charge in [-0.1, -0.05) is 11.8 Å². The molecule has 0 atom stereocenters. The number of amides is 1. The van der Waals surface area contributed by atoms with Gasteiger partial charge in [-0.25, -0.2) is 13.2 Å². The lowest BCUT2D eigenvalue weighted by atomic mass is 10.2. The minimum Gasteiger partial charge on any atom is -0.375 e. The number of nitrogens with one attached hydrogen (secondary N) is 1. The van der Waals surface area contributed by atoms with Gasteiger partial charge in [0.2, 0.25) is 5.91 Å². The monoisotopic (exact) mass is 300 g/mol. The molecule has 0 spiro atoms. The zero-order valence-corrected chi connectivity index (χ0v) is 11.2. The highest BCUT2D eigenvalue weighted by molar-refractivity contribution is 5.90. The van der Waals surface area contributed by atoms with Gasteiger partial charge in [0.1, 0.15) is 12.4 Å². The number of alkyl halides is 2. The average molecular weight is 300 g/mol. The summed E-state index contributed by atoms with van der Waals surface area (Å²) in [4.78, 5) is 11.5. The molecule has 0 saturated heterocycles. The Hall–Kier alpha value is -2.04. The molecule has 0 aliphatic heterocycles. The first-order valence-electron chi connectivity index (χ1n) is 6.17. The van der Waals surface area contributed by atoms with Gasteiger partial charge in [0.25, 0.3) is 6.43 Å². The normalized spacial score (nSPS) is 10.1. The number of anilines is 1. The van der Waals surface area contributed by atoms with Gasteiger partial charge >= 0.3 is 0 Å². The van der Waals surface area contributed by atoms with Crippen molar-refractivity contribution in [2.45, 2.75) is 12.8 Å². The summed E-state index contributed by atoms with van der Waals surface area (Å²) in [5.74, 6) is 4.11. The van der Waals surface area contributed by atoms with Crippen LogP contribution >= 0.6 is 0 Å². The van der Waals surface area contributed by atoms with Crippen LogP contribution in [0.1, 0.15) is 12.0 Å². The van der Waals surface area contributed by atoms with Crippen LogP contribution in [0.15, 0.2) is 18.2 Å².